The van der Waals surface area contributed by atoms with Crippen molar-refractivity contribution in [3.05, 3.63) is 132 Å². The van der Waals surface area contributed by atoms with E-state index in [1.807, 2.05) is 97.1 Å². The van der Waals surface area contributed by atoms with E-state index in [4.69, 9.17) is 10.3 Å². The van der Waals surface area contributed by atoms with Gasteiger partial charge in [0.05, 0.1) is 5.92 Å². The monoisotopic (exact) mass is 547 g/mol. The van der Waals surface area contributed by atoms with Crippen LogP contribution in [0.1, 0.15) is 45.0 Å². The van der Waals surface area contributed by atoms with Gasteiger partial charge < -0.3 is 20.5 Å². The standard InChI is InChI=1S/C32H29N5O4/c1-37(32(40)27(28(33)38)25-17-16-22-12-8-9-15-24(22)18-25)20-26(23-13-6-3-7-14-23)31-35-29(36-41-31)30(39)34-19-21-10-4-2-5-11-21/h2-18,26-27H,19-20H2,1H3,(H2,33,38)(H,34,39). The number of rotatable bonds is 10. The predicted octanol–water partition coefficient (Wildman–Crippen LogP) is 4.01. The van der Waals surface area contributed by atoms with Gasteiger partial charge in [-0.1, -0.05) is 102 Å². The summed E-state index contributed by atoms with van der Waals surface area (Å²) in [5, 5.41) is 8.57. The van der Waals surface area contributed by atoms with Gasteiger partial charge in [-0.15, -0.1) is 0 Å². The summed E-state index contributed by atoms with van der Waals surface area (Å²) in [5.41, 5.74) is 7.99. The van der Waals surface area contributed by atoms with Gasteiger partial charge in [0.25, 0.3) is 11.7 Å². The Morgan fingerprint density at radius 1 is 0.854 bits per heavy atom. The van der Waals surface area contributed by atoms with E-state index in [0.29, 0.717) is 12.1 Å². The first-order chi connectivity index (χ1) is 19.9. The molecule has 3 N–H and O–H groups in total. The quantitative estimate of drug-likeness (QED) is 0.254. The topological polar surface area (TPSA) is 131 Å². The first-order valence-corrected chi connectivity index (χ1v) is 13.1. The molecule has 0 fully saturated rings. The van der Waals surface area contributed by atoms with Crippen LogP contribution in [-0.2, 0) is 16.1 Å². The Bertz CT molecular complexity index is 1670. The lowest BCUT2D eigenvalue weighted by Crippen LogP contribution is -2.40. The normalized spacial score (nSPS) is 12.4. The molecule has 5 rings (SSSR count). The van der Waals surface area contributed by atoms with Crippen molar-refractivity contribution in [2.75, 3.05) is 13.6 Å². The minimum absolute atomic E-state index is 0.105. The Morgan fingerprint density at radius 2 is 1.51 bits per heavy atom. The highest BCUT2D eigenvalue weighted by Crippen LogP contribution is 2.27. The van der Waals surface area contributed by atoms with Crippen molar-refractivity contribution < 1.29 is 18.9 Å². The first-order valence-electron chi connectivity index (χ1n) is 13.1. The van der Waals surface area contributed by atoms with Gasteiger partial charge in [0.15, 0.2) is 0 Å². The molecule has 206 valence electrons. The smallest absolute Gasteiger partial charge is 0.292 e. The number of nitrogens with one attached hydrogen (secondary N) is 1. The average Bonchev–Trinajstić information content (AvgIpc) is 3.49. The van der Waals surface area contributed by atoms with E-state index in [0.717, 1.165) is 21.9 Å². The second kappa shape index (κ2) is 12.3. The zero-order valence-electron chi connectivity index (χ0n) is 22.4. The maximum atomic E-state index is 13.6. The fraction of sp³-hybridized carbons (Fsp3) is 0.156. The Hall–Kier alpha value is -5.31. The van der Waals surface area contributed by atoms with Crippen LogP contribution in [0.25, 0.3) is 10.8 Å². The number of amides is 3. The van der Waals surface area contributed by atoms with Crippen molar-refractivity contribution >= 4 is 28.5 Å². The molecule has 1 heterocycles. The summed E-state index contributed by atoms with van der Waals surface area (Å²) in [5.74, 6) is -3.37. The predicted molar refractivity (Wildman–Crippen MR) is 154 cm³/mol. The highest BCUT2D eigenvalue weighted by atomic mass is 16.5. The SMILES string of the molecule is CN(CC(c1ccccc1)c1nc(C(=O)NCc2ccccc2)no1)C(=O)C(C(N)=O)c1ccc2ccccc2c1. The molecule has 5 aromatic rings. The van der Waals surface area contributed by atoms with Crippen LogP contribution in [0.3, 0.4) is 0 Å². The molecule has 0 radical (unpaired) electrons. The lowest BCUT2D eigenvalue weighted by Gasteiger charge is -2.26. The number of fused-ring (bicyclic) bond motifs is 1. The molecule has 2 atom stereocenters. The van der Waals surface area contributed by atoms with Gasteiger partial charge in [0.2, 0.25) is 17.7 Å². The fourth-order valence-electron chi connectivity index (χ4n) is 4.74. The lowest BCUT2D eigenvalue weighted by molar-refractivity contribution is -0.136. The summed E-state index contributed by atoms with van der Waals surface area (Å²) in [6, 6.07) is 31.9. The Balaban J connectivity index is 1.37. The molecular formula is C32H29N5O4. The highest BCUT2D eigenvalue weighted by molar-refractivity contribution is 6.05. The summed E-state index contributed by atoms with van der Waals surface area (Å²) >= 11 is 0. The molecule has 0 spiro atoms. The van der Waals surface area contributed by atoms with Gasteiger partial charge in [-0.3, -0.25) is 14.4 Å². The summed E-state index contributed by atoms with van der Waals surface area (Å²) in [6.45, 7) is 0.416. The average molecular weight is 548 g/mol. The highest BCUT2D eigenvalue weighted by Gasteiger charge is 2.32. The second-order valence-electron chi connectivity index (χ2n) is 9.75. The van der Waals surface area contributed by atoms with E-state index in [9.17, 15) is 14.4 Å². The van der Waals surface area contributed by atoms with E-state index in [1.165, 1.54) is 4.90 Å². The number of hydrogen-bond acceptors (Lipinski definition) is 6. The van der Waals surface area contributed by atoms with E-state index in [1.54, 1.807) is 13.1 Å². The molecule has 41 heavy (non-hydrogen) atoms. The van der Waals surface area contributed by atoms with Gasteiger partial charge in [-0.25, -0.2) is 0 Å². The molecule has 0 saturated heterocycles. The van der Waals surface area contributed by atoms with Crippen LogP contribution in [0.2, 0.25) is 0 Å². The number of hydrogen-bond donors (Lipinski definition) is 2. The van der Waals surface area contributed by atoms with Crippen molar-refractivity contribution in [3.8, 4) is 0 Å². The van der Waals surface area contributed by atoms with Crippen molar-refractivity contribution in [2.24, 2.45) is 5.73 Å². The van der Waals surface area contributed by atoms with Crippen LogP contribution in [0, 0.1) is 0 Å². The van der Waals surface area contributed by atoms with Gasteiger partial charge in [-0.05, 0) is 33.5 Å². The van der Waals surface area contributed by atoms with Crippen LogP contribution in [0.5, 0.6) is 0 Å². The third-order valence-electron chi connectivity index (χ3n) is 6.91. The largest absolute Gasteiger partial charge is 0.369 e. The fourth-order valence-corrected chi connectivity index (χ4v) is 4.74. The molecule has 0 saturated carbocycles. The number of likely N-dealkylation sites (N-methyl/N-ethyl adjacent to an activating group) is 1. The van der Waals surface area contributed by atoms with Crippen molar-refractivity contribution in [1.82, 2.24) is 20.4 Å². The van der Waals surface area contributed by atoms with Crippen molar-refractivity contribution in [1.29, 1.82) is 0 Å². The third kappa shape index (κ3) is 6.30. The molecule has 0 aliphatic carbocycles. The maximum Gasteiger partial charge on any atom is 0.292 e. The minimum atomic E-state index is -1.18. The molecule has 0 aliphatic heterocycles. The number of nitrogens with zero attached hydrogens (tertiary/aromatic N) is 3. The van der Waals surface area contributed by atoms with Crippen LogP contribution in [0.4, 0.5) is 0 Å². The van der Waals surface area contributed by atoms with Crippen molar-refractivity contribution in [3.63, 3.8) is 0 Å². The van der Waals surface area contributed by atoms with E-state index in [2.05, 4.69) is 15.5 Å². The number of primary amides is 1. The number of nitrogens with two attached hydrogens (primary N) is 1. The zero-order chi connectivity index (χ0) is 28.8. The van der Waals surface area contributed by atoms with Crippen LogP contribution in [-0.4, -0.2) is 46.4 Å². The summed E-state index contributed by atoms with van der Waals surface area (Å²) < 4.78 is 5.52. The Morgan fingerprint density at radius 3 is 2.22 bits per heavy atom. The third-order valence-corrected chi connectivity index (χ3v) is 6.91. The van der Waals surface area contributed by atoms with Gasteiger partial charge >= 0.3 is 0 Å². The first kappa shape index (κ1) is 27.3. The number of carbonyl (C=O) groups is 3. The molecule has 3 amide bonds. The maximum absolute atomic E-state index is 13.6. The van der Waals surface area contributed by atoms with Crippen LogP contribution < -0.4 is 11.1 Å². The lowest BCUT2D eigenvalue weighted by atomic mass is 9.93. The number of benzene rings is 4. The molecule has 0 bridgehead atoms. The van der Waals surface area contributed by atoms with E-state index >= 15 is 0 Å². The Kier molecular flexibility index (Phi) is 8.15. The molecule has 2 unspecified atom stereocenters. The molecule has 9 heteroatoms. The van der Waals surface area contributed by atoms with E-state index < -0.39 is 29.6 Å². The van der Waals surface area contributed by atoms with E-state index in [-0.39, 0.29) is 18.3 Å². The summed E-state index contributed by atoms with van der Waals surface area (Å²) in [4.78, 5) is 44.7. The van der Waals surface area contributed by atoms with Gasteiger partial charge in [0.1, 0.15) is 5.92 Å². The van der Waals surface area contributed by atoms with Crippen LogP contribution >= 0.6 is 0 Å². The molecule has 4 aromatic carbocycles. The molecule has 0 aliphatic rings. The minimum Gasteiger partial charge on any atom is -0.369 e. The summed E-state index contributed by atoms with van der Waals surface area (Å²) in [7, 11) is 1.60. The summed E-state index contributed by atoms with van der Waals surface area (Å²) in [6.07, 6.45) is 0. The second-order valence-corrected chi connectivity index (χ2v) is 9.75. The zero-order valence-corrected chi connectivity index (χ0v) is 22.4. The molecule has 1 aromatic heterocycles. The Labute approximate surface area is 237 Å². The van der Waals surface area contributed by atoms with Gasteiger partial charge in [-0.2, -0.15) is 4.98 Å². The van der Waals surface area contributed by atoms with Crippen LogP contribution in [0.15, 0.2) is 108 Å². The van der Waals surface area contributed by atoms with Crippen molar-refractivity contribution in [2.45, 2.75) is 18.4 Å². The number of aromatic nitrogens is 2. The van der Waals surface area contributed by atoms with Gasteiger partial charge in [0, 0.05) is 20.1 Å². The number of carbonyl (C=O) groups excluding carboxylic acids is 3. The molecular weight excluding hydrogens is 518 g/mol. The molecule has 9 nitrogen and oxygen atoms in total.